The molecule has 0 aliphatic carbocycles. The molecule has 1 saturated heterocycles. The first-order valence-corrected chi connectivity index (χ1v) is 9.35. The van der Waals surface area contributed by atoms with Crippen molar-refractivity contribution in [1.29, 1.82) is 0 Å². The molecule has 1 unspecified atom stereocenters. The van der Waals surface area contributed by atoms with Crippen LogP contribution in [0.4, 0.5) is 0 Å². The maximum absolute atomic E-state index is 12.8. The van der Waals surface area contributed by atoms with E-state index in [4.69, 9.17) is 18.3 Å². The molecule has 0 spiro atoms. The van der Waals surface area contributed by atoms with Gasteiger partial charge in [0.1, 0.15) is 11.5 Å². The summed E-state index contributed by atoms with van der Waals surface area (Å²) in [5, 5.41) is 0. The van der Waals surface area contributed by atoms with Gasteiger partial charge in [-0.05, 0) is 43.7 Å². The highest BCUT2D eigenvalue weighted by molar-refractivity contribution is 5.79. The van der Waals surface area contributed by atoms with Gasteiger partial charge in [-0.15, -0.1) is 0 Å². The number of amides is 1. The molecule has 1 atom stereocenters. The van der Waals surface area contributed by atoms with Crippen molar-refractivity contribution in [2.45, 2.75) is 25.7 Å². The van der Waals surface area contributed by atoms with E-state index in [0.717, 1.165) is 24.3 Å². The van der Waals surface area contributed by atoms with Gasteiger partial charge in [-0.2, -0.15) is 0 Å². The Morgan fingerprint density at radius 2 is 2.14 bits per heavy atom. The number of ether oxygens (including phenoxy) is 2. The number of carbonyl (C=O) groups is 1. The van der Waals surface area contributed by atoms with Gasteiger partial charge in [-0.1, -0.05) is 0 Å². The van der Waals surface area contributed by atoms with Gasteiger partial charge in [-0.3, -0.25) is 4.79 Å². The zero-order chi connectivity index (χ0) is 19.1. The summed E-state index contributed by atoms with van der Waals surface area (Å²) in [6.45, 7) is 3.47. The lowest BCUT2D eigenvalue weighted by Crippen LogP contribution is -2.30. The summed E-state index contributed by atoms with van der Waals surface area (Å²) in [6.07, 6.45) is 2.82. The van der Waals surface area contributed by atoms with Crippen LogP contribution in [-0.4, -0.2) is 35.7 Å². The van der Waals surface area contributed by atoms with E-state index < -0.39 is 0 Å². The number of furan rings is 1. The van der Waals surface area contributed by atoms with Crippen molar-refractivity contribution < 1.29 is 23.1 Å². The van der Waals surface area contributed by atoms with E-state index in [2.05, 4.69) is 4.98 Å². The van der Waals surface area contributed by atoms with Crippen molar-refractivity contribution in [3.63, 3.8) is 0 Å². The lowest BCUT2D eigenvalue weighted by molar-refractivity contribution is -0.129. The third kappa shape index (κ3) is 3.02. The van der Waals surface area contributed by atoms with E-state index in [0.29, 0.717) is 35.4 Å². The minimum absolute atomic E-state index is 0.0580. The Morgan fingerprint density at radius 1 is 1.25 bits per heavy atom. The Bertz CT molecular complexity index is 1010. The molecule has 7 heteroatoms. The summed E-state index contributed by atoms with van der Waals surface area (Å²) in [5.41, 5.74) is 1.46. The van der Waals surface area contributed by atoms with Gasteiger partial charge in [0.05, 0.1) is 18.4 Å². The molecule has 28 heavy (non-hydrogen) atoms. The van der Waals surface area contributed by atoms with Gasteiger partial charge in [0.25, 0.3) is 0 Å². The number of rotatable bonds is 4. The van der Waals surface area contributed by atoms with Crippen LogP contribution in [0.2, 0.25) is 0 Å². The van der Waals surface area contributed by atoms with Gasteiger partial charge >= 0.3 is 0 Å². The molecule has 1 amide bonds. The highest BCUT2D eigenvalue weighted by Crippen LogP contribution is 2.36. The summed E-state index contributed by atoms with van der Waals surface area (Å²) in [7, 11) is 0. The highest BCUT2D eigenvalue weighted by Gasteiger charge is 2.29. The predicted molar refractivity (Wildman–Crippen MR) is 99.1 cm³/mol. The molecule has 144 valence electrons. The summed E-state index contributed by atoms with van der Waals surface area (Å²) in [6, 6.07) is 9.40. The fourth-order valence-electron chi connectivity index (χ4n) is 3.74. The van der Waals surface area contributed by atoms with Gasteiger partial charge in [-0.25, -0.2) is 4.98 Å². The molecular weight excluding hydrogens is 360 g/mol. The zero-order valence-corrected chi connectivity index (χ0v) is 15.5. The Morgan fingerprint density at radius 3 is 3.00 bits per heavy atom. The van der Waals surface area contributed by atoms with E-state index in [1.807, 2.05) is 42.2 Å². The smallest absolute Gasteiger partial charge is 0.231 e. The second kappa shape index (κ2) is 6.74. The SMILES string of the molecule is Cc1oc(-c2ccc3c(c2)OCO3)nc1CC(=O)N1CCC(c2ccco2)C1. The van der Waals surface area contributed by atoms with Crippen LogP contribution < -0.4 is 9.47 Å². The molecular formula is C21H20N2O5. The maximum Gasteiger partial charge on any atom is 0.231 e. The number of carbonyl (C=O) groups excluding carboxylic acids is 1. The van der Waals surface area contributed by atoms with Crippen LogP contribution in [0.15, 0.2) is 45.4 Å². The zero-order valence-electron chi connectivity index (χ0n) is 15.5. The molecule has 2 aromatic heterocycles. The third-order valence-electron chi connectivity index (χ3n) is 5.32. The quantitative estimate of drug-likeness (QED) is 0.689. The molecule has 2 aliphatic rings. The Balaban J connectivity index is 1.29. The van der Waals surface area contributed by atoms with Gasteiger partial charge in [0.15, 0.2) is 11.5 Å². The van der Waals surface area contributed by atoms with Crippen molar-refractivity contribution in [3.8, 4) is 23.0 Å². The average molecular weight is 380 g/mol. The number of fused-ring (bicyclic) bond motifs is 1. The Hall–Kier alpha value is -3.22. The Labute approximate surface area is 161 Å². The molecule has 3 aromatic rings. The second-order valence-electron chi connectivity index (χ2n) is 7.11. The number of aryl methyl sites for hydroxylation is 1. The fourth-order valence-corrected chi connectivity index (χ4v) is 3.74. The predicted octanol–water partition coefficient (Wildman–Crippen LogP) is 3.53. The number of benzene rings is 1. The van der Waals surface area contributed by atoms with Crippen molar-refractivity contribution in [1.82, 2.24) is 9.88 Å². The standard InChI is InChI=1S/C21H20N2O5/c1-13-16(10-20(24)23-7-6-15(11-23)17-3-2-8-25-17)22-21(28-13)14-4-5-18-19(9-14)27-12-26-18/h2-5,8-9,15H,6-7,10-12H2,1H3. The molecule has 4 heterocycles. The molecule has 2 aliphatic heterocycles. The van der Waals surface area contributed by atoms with E-state index in [1.54, 1.807) is 6.26 Å². The first-order chi connectivity index (χ1) is 13.7. The highest BCUT2D eigenvalue weighted by atomic mass is 16.7. The van der Waals surface area contributed by atoms with Crippen LogP contribution in [-0.2, 0) is 11.2 Å². The molecule has 1 aromatic carbocycles. The van der Waals surface area contributed by atoms with Crippen LogP contribution in [0.1, 0.15) is 29.6 Å². The maximum atomic E-state index is 12.8. The summed E-state index contributed by atoms with van der Waals surface area (Å²) in [5.74, 6) is 3.79. The van der Waals surface area contributed by atoms with Crippen LogP contribution in [0.3, 0.4) is 0 Å². The molecule has 0 radical (unpaired) electrons. The van der Waals surface area contributed by atoms with Crippen molar-refractivity contribution >= 4 is 5.91 Å². The number of hydrogen-bond acceptors (Lipinski definition) is 6. The van der Waals surface area contributed by atoms with Gasteiger partial charge in [0, 0.05) is 24.6 Å². The van der Waals surface area contributed by atoms with E-state index in [-0.39, 0.29) is 25.0 Å². The molecule has 0 bridgehead atoms. The normalized spacial score (nSPS) is 18.0. The number of hydrogen-bond donors (Lipinski definition) is 0. The van der Waals surface area contributed by atoms with Crippen molar-refractivity contribution in [3.05, 3.63) is 53.8 Å². The van der Waals surface area contributed by atoms with Crippen LogP contribution in [0, 0.1) is 6.92 Å². The van der Waals surface area contributed by atoms with Gasteiger partial charge < -0.3 is 23.2 Å². The van der Waals surface area contributed by atoms with E-state index >= 15 is 0 Å². The molecule has 0 N–H and O–H groups in total. The van der Waals surface area contributed by atoms with Crippen molar-refractivity contribution in [2.75, 3.05) is 19.9 Å². The molecule has 1 fully saturated rings. The number of likely N-dealkylation sites (tertiary alicyclic amines) is 1. The Kier molecular flexibility index (Phi) is 4.07. The first-order valence-electron chi connectivity index (χ1n) is 9.35. The van der Waals surface area contributed by atoms with Gasteiger partial charge in [0.2, 0.25) is 18.6 Å². The largest absolute Gasteiger partial charge is 0.469 e. The lowest BCUT2D eigenvalue weighted by atomic mass is 10.1. The lowest BCUT2D eigenvalue weighted by Gasteiger charge is -2.15. The second-order valence-corrected chi connectivity index (χ2v) is 7.11. The number of aromatic nitrogens is 1. The summed E-state index contributed by atoms with van der Waals surface area (Å²) >= 11 is 0. The topological polar surface area (TPSA) is 77.9 Å². The van der Waals surface area contributed by atoms with Crippen LogP contribution in [0.5, 0.6) is 11.5 Å². The minimum atomic E-state index is 0.0580. The van der Waals surface area contributed by atoms with E-state index in [1.165, 1.54) is 0 Å². The number of oxazole rings is 1. The van der Waals surface area contributed by atoms with E-state index in [9.17, 15) is 4.79 Å². The molecule has 7 nitrogen and oxygen atoms in total. The summed E-state index contributed by atoms with van der Waals surface area (Å²) < 4.78 is 22.0. The first kappa shape index (κ1) is 16.9. The number of nitrogens with zero attached hydrogens (tertiary/aromatic N) is 2. The minimum Gasteiger partial charge on any atom is -0.469 e. The monoisotopic (exact) mass is 380 g/mol. The third-order valence-corrected chi connectivity index (χ3v) is 5.32. The fraction of sp³-hybridized carbons (Fsp3) is 0.333. The van der Waals surface area contributed by atoms with Crippen LogP contribution >= 0.6 is 0 Å². The molecule has 5 rings (SSSR count). The van der Waals surface area contributed by atoms with Crippen molar-refractivity contribution in [2.24, 2.45) is 0 Å². The van der Waals surface area contributed by atoms with Crippen LogP contribution in [0.25, 0.3) is 11.5 Å². The molecule has 0 saturated carbocycles. The summed E-state index contributed by atoms with van der Waals surface area (Å²) in [4.78, 5) is 19.2. The average Bonchev–Trinajstić information content (AvgIpc) is 3.48.